The van der Waals surface area contributed by atoms with Gasteiger partial charge in [-0.05, 0) is 42.5 Å². The zero-order valence-corrected chi connectivity index (χ0v) is 12.0. The van der Waals surface area contributed by atoms with Crippen molar-refractivity contribution in [3.8, 4) is 11.5 Å². The maximum atomic E-state index is 12.9. The fraction of sp³-hybridized carbons (Fsp3) is 0.188. The number of anilines is 1. The van der Waals surface area contributed by atoms with Crippen molar-refractivity contribution in [3.63, 3.8) is 0 Å². The zero-order valence-electron chi connectivity index (χ0n) is 12.0. The molecule has 0 spiro atoms. The number of halogens is 1. The van der Waals surface area contributed by atoms with Crippen LogP contribution in [0.3, 0.4) is 0 Å². The van der Waals surface area contributed by atoms with Gasteiger partial charge in [0.2, 0.25) is 0 Å². The third kappa shape index (κ3) is 4.12. The molecule has 2 rings (SSSR count). The Balaban J connectivity index is 1.79. The molecule has 0 saturated carbocycles. The Hall–Kier alpha value is -2.76. The van der Waals surface area contributed by atoms with Gasteiger partial charge in [0, 0.05) is 5.69 Å². The Bertz CT molecular complexity index is 643. The molecule has 0 unspecified atom stereocenters. The maximum absolute atomic E-state index is 12.9. The molecule has 22 heavy (non-hydrogen) atoms. The molecule has 0 heterocycles. The molecule has 0 saturated heterocycles. The van der Waals surface area contributed by atoms with Crippen LogP contribution in [0.15, 0.2) is 42.5 Å². The van der Waals surface area contributed by atoms with Crippen LogP contribution in [-0.4, -0.2) is 26.3 Å². The molecule has 0 aliphatic heterocycles. The summed E-state index contributed by atoms with van der Waals surface area (Å²) in [6.07, 6.45) is 0. The summed E-state index contributed by atoms with van der Waals surface area (Å²) in [6.45, 7) is 0.251. The number of methoxy groups -OCH3 is 1. The van der Waals surface area contributed by atoms with Crippen molar-refractivity contribution < 1.29 is 23.4 Å². The van der Waals surface area contributed by atoms with Gasteiger partial charge in [-0.2, -0.15) is 0 Å². The fourth-order valence-corrected chi connectivity index (χ4v) is 1.76. The van der Waals surface area contributed by atoms with E-state index < -0.39 is 11.8 Å². The number of nitrogens with two attached hydrogens (primary N) is 1. The van der Waals surface area contributed by atoms with Gasteiger partial charge in [0.15, 0.2) is 0 Å². The minimum absolute atomic E-state index is 0.0427. The number of nitrogen functional groups attached to an aromatic ring is 1. The molecule has 0 aromatic heterocycles. The molecular weight excluding hydrogens is 289 g/mol. The normalized spacial score (nSPS) is 10.1. The number of hydrogen-bond donors (Lipinski definition) is 1. The van der Waals surface area contributed by atoms with Crippen molar-refractivity contribution in [2.75, 3.05) is 26.1 Å². The maximum Gasteiger partial charge on any atom is 0.340 e. The highest BCUT2D eigenvalue weighted by Gasteiger charge is 2.11. The predicted molar refractivity (Wildman–Crippen MR) is 79.6 cm³/mol. The van der Waals surface area contributed by atoms with E-state index in [4.69, 9.17) is 19.9 Å². The third-order valence-corrected chi connectivity index (χ3v) is 2.88. The van der Waals surface area contributed by atoms with E-state index in [0.29, 0.717) is 5.75 Å². The van der Waals surface area contributed by atoms with E-state index in [1.807, 2.05) is 0 Å². The van der Waals surface area contributed by atoms with Crippen LogP contribution in [0.4, 0.5) is 10.1 Å². The van der Waals surface area contributed by atoms with Crippen LogP contribution < -0.4 is 15.2 Å². The van der Waals surface area contributed by atoms with Crippen molar-refractivity contribution in [3.05, 3.63) is 53.8 Å². The standard InChI is InChI=1S/C16H16FNO4/c1-20-12-3-5-13(6-4-12)21-8-9-22-16(19)14-7-2-11(17)10-15(14)18/h2-7,10H,8-9,18H2,1H3. The fourth-order valence-electron chi connectivity index (χ4n) is 1.76. The Morgan fingerprint density at radius 3 is 2.41 bits per heavy atom. The van der Waals surface area contributed by atoms with Gasteiger partial charge in [-0.25, -0.2) is 9.18 Å². The second kappa shape index (κ2) is 7.31. The number of carbonyl (C=O) groups is 1. The molecule has 0 aliphatic rings. The highest BCUT2D eigenvalue weighted by molar-refractivity contribution is 5.94. The molecule has 116 valence electrons. The summed E-state index contributed by atoms with van der Waals surface area (Å²) < 4.78 is 28.4. The predicted octanol–water partition coefficient (Wildman–Crippen LogP) is 2.65. The highest BCUT2D eigenvalue weighted by atomic mass is 19.1. The number of benzene rings is 2. The van der Waals surface area contributed by atoms with Gasteiger partial charge in [-0.1, -0.05) is 0 Å². The number of ether oxygens (including phenoxy) is 3. The van der Waals surface area contributed by atoms with Crippen molar-refractivity contribution in [1.29, 1.82) is 0 Å². The van der Waals surface area contributed by atoms with Crippen LogP contribution >= 0.6 is 0 Å². The van der Waals surface area contributed by atoms with E-state index in [1.165, 1.54) is 6.07 Å². The van der Waals surface area contributed by atoms with Crippen LogP contribution in [-0.2, 0) is 4.74 Å². The lowest BCUT2D eigenvalue weighted by molar-refractivity contribution is 0.0451. The van der Waals surface area contributed by atoms with Gasteiger partial charge in [-0.3, -0.25) is 0 Å². The van der Waals surface area contributed by atoms with Crippen molar-refractivity contribution in [1.82, 2.24) is 0 Å². The molecular formula is C16H16FNO4. The summed E-state index contributed by atoms with van der Waals surface area (Å²) in [5.74, 6) is 0.247. The number of carbonyl (C=O) groups excluding carboxylic acids is 1. The van der Waals surface area contributed by atoms with E-state index in [-0.39, 0.29) is 24.5 Å². The van der Waals surface area contributed by atoms with Crippen LogP contribution in [0.2, 0.25) is 0 Å². The smallest absolute Gasteiger partial charge is 0.340 e. The van der Waals surface area contributed by atoms with Gasteiger partial charge in [0.05, 0.1) is 12.7 Å². The highest BCUT2D eigenvalue weighted by Crippen LogP contribution is 2.17. The van der Waals surface area contributed by atoms with E-state index in [0.717, 1.165) is 17.9 Å². The summed E-state index contributed by atoms with van der Waals surface area (Å²) in [6, 6.07) is 10.5. The summed E-state index contributed by atoms with van der Waals surface area (Å²) in [4.78, 5) is 11.8. The third-order valence-electron chi connectivity index (χ3n) is 2.88. The Kier molecular flexibility index (Phi) is 5.19. The van der Waals surface area contributed by atoms with E-state index >= 15 is 0 Å². The monoisotopic (exact) mass is 305 g/mol. The number of rotatable bonds is 6. The van der Waals surface area contributed by atoms with Gasteiger partial charge in [0.25, 0.3) is 0 Å². The lowest BCUT2D eigenvalue weighted by Gasteiger charge is -2.09. The second-order valence-electron chi connectivity index (χ2n) is 4.39. The minimum Gasteiger partial charge on any atom is -0.497 e. The molecule has 2 aromatic carbocycles. The average molecular weight is 305 g/mol. The summed E-state index contributed by atoms with van der Waals surface area (Å²) in [5.41, 5.74) is 5.73. The largest absolute Gasteiger partial charge is 0.497 e. The van der Waals surface area contributed by atoms with E-state index in [9.17, 15) is 9.18 Å². The molecule has 0 radical (unpaired) electrons. The quantitative estimate of drug-likeness (QED) is 0.505. The molecule has 0 aliphatic carbocycles. The minimum atomic E-state index is -0.615. The second-order valence-corrected chi connectivity index (χ2v) is 4.39. The van der Waals surface area contributed by atoms with Gasteiger partial charge >= 0.3 is 5.97 Å². The number of hydrogen-bond acceptors (Lipinski definition) is 5. The molecule has 5 nitrogen and oxygen atoms in total. The Morgan fingerprint density at radius 1 is 1.09 bits per heavy atom. The first-order chi connectivity index (χ1) is 10.6. The van der Waals surface area contributed by atoms with Crippen LogP contribution in [0.5, 0.6) is 11.5 Å². The molecule has 0 amide bonds. The molecule has 2 aromatic rings. The zero-order chi connectivity index (χ0) is 15.9. The van der Waals surface area contributed by atoms with Crippen molar-refractivity contribution in [2.24, 2.45) is 0 Å². The first-order valence-corrected chi connectivity index (χ1v) is 6.59. The molecule has 0 fully saturated rings. The van der Waals surface area contributed by atoms with Crippen molar-refractivity contribution >= 4 is 11.7 Å². The first kappa shape index (κ1) is 15.6. The van der Waals surface area contributed by atoms with Crippen LogP contribution in [0.1, 0.15) is 10.4 Å². The lowest BCUT2D eigenvalue weighted by Crippen LogP contribution is -2.13. The summed E-state index contributed by atoms with van der Waals surface area (Å²) >= 11 is 0. The van der Waals surface area contributed by atoms with Crippen LogP contribution in [0.25, 0.3) is 0 Å². The topological polar surface area (TPSA) is 70.8 Å². The average Bonchev–Trinajstić information content (AvgIpc) is 2.52. The van der Waals surface area contributed by atoms with Crippen molar-refractivity contribution in [2.45, 2.75) is 0 Å². The van der Waals surface area contributed by atoms with Gasteiger partial charge < -0.3 is 19.9 Å². The van der Waals surface area contributed by atoms with Crippen LogP contribution in [0, 0.1) is 5.82 Å². The first-order valence-electron chi connectivity index (χ1n) is 6.59. The summed E-state index contributed by atoms with van der Waals surface area (Å²) in [5, 5.41) is 0. The molecule has 6 heteroatoms. The molecule has 0 bridgehead atoms. The molecule has 0 atom stereocenters. The number of esters is 1. The Morgan fingerprint density at radius 2 is 1.77 bits per heavy atom. The van der Waals surface area contributed by atoms with Gasteiger partial charge in [0.1, 0.15) is 30.5 Å². The lowest BCUT2D eigenvalue weighted by atomic mass is 10.2. The SMILES string of the molecule is COc1ccc(OCCOC(=O)c2ccc(F)cc2N)cc1. The van der Waals surface area contributed by atoms with Gasteiger partial charge in [-0.15, -0.1) is 0 Å². The van der Waals surface area contributed by atoms with E-state index in [1.54, 1.807) is 31.4 Å². The summed E-state index contributed by atoms with van der Waals surface area (Å²) in [7, 11) is 1.58. The Labute approximate surface area is 127 Å². The molecule has 2 N–H and O–H groups in total. The van der Waals surface area contributed by atoms with E-state index in [2.05, 4.69) is 0 Å².